The van der Waals surface area contributed by atoms with E-state index in [-0.39, 0.29) is 6.04 Å². The Labute approximate surface area is 99.0 Å². The first-order valence-electron chi connectivity index (χ1n) is 6.00. The van der Waals surface area contributed by atoms with Crippen molar-refractivity contribution in [2.45, 2.75) is 33.7 Å². The highest BCUT2D eigenvalue weighted by Gasteiger charge is 2.22. The molecule has 0 saturated carbocycles. The summed E-state index contributed by atoms with van der Waals surface area (Å²) in [4.78, 5) is 0. The third-order valence-electron chi connectivity index (χ3n) is 3.37. The molecule has 0 fully saturated rings. The maximum absolute atomic E-state index is 6.32. The Bertz CT molecular complexity index is 345. The Morgan fingerprint density at radius 1 is 1.19 bits per heavy atom. The summed E-state index contributed by atoms with van der Waals surface area (Å²) in [6, 6.07) is 6.49. The molecule has 90 valence electrons. The van der Waals surface area contributed by atoms with Crippen LogP contribution in [0.4, 0.5) is 0 Å². The van der Waals surface area contributed by atoms with E-state index in [0.29, 0.717) is 18.4 Å². The fourth-order valence-corrected chi connectivity index (χ4v) is 2.26. The van der Waals surface area contributed by atoms with Crippen molar-refractivity contribution in [2.75, 3.05) is 6.54 Å². The molecule has 0 aromatic heterocycles. The maximum Gasteiger partial charge on any atom is 0.0340 e. The summed E-state index contributed by atoms with van der Waals surface area (Å²) in [6.45, 7) is 9.23. The lowest BCUT2D eigenvalue weighted by Crippen LogP contribution is -2.32. The predicted octanol–water partition coefficient (Wildman–Crippen LogP) is 2.53. The highest BCUT2D eigenvalue weighted by atomic mass is 14.7. The molecule has 0 amide bonds. The van der Waals surface area contributed by atoms with Gasteiger partial charge >= 0.3 is 0 Å². The van der Waals surface area contributed by atoms with Crippen LogP contribution >= 0.6 is 0 Å². The standard InChI is InChI=1S/C14H24N2/c1-9(2)13(8-15)14(16)12-6-5-10(3)7-11(12)4/h5-7,9,13-14H,8,15-16H2,1-4H3. The molecule has 0 bridgehead atoms. The molecule has 2 heteroatoms. The monoisotopic (exact) mass is 220 g/mol. The lowest BCUT2D eigenvalue weighted by Gasteiger charge is -2.27. The van der Waals surface area contributed by atoms with E-state index in [1.165, 1.54) is 16.7 Å². The minimum atomic E-state index is 0.0469. The molecular formula is C14H24N2. The largest absolute Gasteiger partial charge is 0.330 e. The quantitative estimate of drug-likeness (QED) is 0.819. The molecule has 4 N–H and O–H groups in total. The molecule has 2 unspecified atom stereocenters. The van der Waals surface area contributed by atoms with Crippen LogP contribution in [0.1, 0.15) is 36.6 Å². The van der Waals surface area contributed by atoms with Crippen molar-refractivity contribution in [1.29, 1.82) is 0 Å². The van der Waals surface area contributed by atoms with Crippen LogP contribution in [0, 0.1) is 25.7 Å². The van der Waals surface area contributed by atoms with E-state index in [0.717, 1.165) is 0 Å². The van der Waals surface area contributed by atoms with Crippen LogP contribution in [-0.4, -0.2) is 6.54 Å². The first-order valence-corrected chi connectivity index (χ1v) is 6.00. The van der Waals surface area contributed by atoms with Crippen molar-refractivity contribution < 1.29 is 0 Å². The first kappa shape index (κ1) is 13.2. The molecule has 0 aliphatic carbocycles. The molecule has 0 heterocycles. The molecule has 2 atom stereocenters. The Morgan fingerprint density at radius 2 is 1.81 bits per heavy atom. The summed E-state index contributed by atoms with van der Waals surface area (Å²) in [6.07, 6.45) is 0. The number of nitrogens with two attached hydrogens (primary N) is 2. The van der Waals surface area contributed by atoms with Gasteiger partial charge in [0.1, 0.15) is 0 Å². The molecule has 1 aromatic carbocycles. The van der Waals surface area contributed by atoms with Gasteiger partial charge in [0.15, 0.2) is 0 Å². The Morgan fingerprint density at radius 3 is 2.25 bits per heavy atom. The average Bonchev–Trinajstić information content (AvgIpc) is 2.17. The minimum absolute atomic E-state index is 0.0469. The summed E-state index contributed by atoms with van der Waals surface area (Å²) < 4.78 is 0. The van der Waals surface area contributed by atoms with Gasteiger partial charge in [0.25, 0.3) is 0 Å². The fourth-order valence-electron chi connectivity index (χ4n) is 2.26. The molecule has 0 spiro atoms. The van der Waals surface area contributed by atoms with Crippen molar-refractivity contribution in [3.05, 3.63) is 34.9 Å². The smallest absolute Gasteiger partial charge is 0.0340 e. The third-order valence-corrected chi connectivity index (χ3v) is 3.37. The summed E-state index contributed by atoms with van der Waals surface area (Å²) in [5.41, 5.74) is 15.9. The van der Waals surface area contributed by atoms with Gasteiger partial charge in [0, 0.05) is 6.04 Å². The van der Waals surface area contributed by atoms with Gasteiger partial charge in [-0.05, 0) is 43.4 Å². The maximum atomic E-state index is 6.32. The second-order valence-electron chi connectivity index (χ2n) is 5.03. The second-order valence-corrected chi connectivity index (χ2v) is 5.03. The van der Waals surface area contributed by atoms with Gasteiger partial charge in [0.05, 0.1) is 0 Å². The average molecular weight is 220 g/mol. The Kier molecular flexibility index (Phi) is 4.51. The molecule has 0 saturated heterocycles. The van der Waals surface area contributed by atoms with Gasteiger partial charge in [-0.25, -0.2) is 0 Å². The zero-order valence-electron chi connectivity index (χ0n) is 10.8. The number of rotatable bonds is 4. The van der Waals surface area contributed by atoms with Crippen LogP contribution in [0.3, 0.4) is 0 Å². The van der Waals surface area contributed by atoms with E-state index in [1.54, 1.807) is 0 Å². The number of aryl methyl sites for hydroxylation is 2. The van der Waals surface area contributed by atoms with Crippen molar-refractivity contribution >= 4 is 0 Å². The number of benzene rings is 1. The molecular weight excluding hydrogens is 196 g/mol. The van der Waals surface area contributed by atoms with E-state index in [9.17, 15) is 0 Å². The summed E-state index contributed by atoms with van der Waals surface area (Å²) in [5.74, 6) is 0.863. The molecule has 1 aromatic rings. The van der Waals surface area contributed by atoms with Gasteiger partial charge in [-0.1, -0.05) is 37.6 Å². The number of hydrogen-bond donors (Lipinski definition) is 2. The zero-order chi connectivity index (χ0) is 12.3. The summed E-state index contributed by atoms with van der Waals surface area (Å²) in [5, 5.41) is 0. The van der Waals surface area contributed by atoms with Crippen LogP contribution in [-0.2, 0) is 0 Å². The van der Waals surface area contributed by atoms with Gasteiger partial charge < -0.3 is 11.5 Å². The van der Waals surface area contributed by atoms with Crippen molar-refractivity contribution in [3.8, 4) is 0 Å². The molecule has 16 heavy (non-hydrogen) atoms. The molecule has 0 aliphatic heterocycles. The zero-order valence-corrected chi connectivity index (χ0v) is 10.8. The normalized spacial score (nSPS) is 15.2. The van der Waals surface area contributed by atoms with E-state index in [2.05, 4.69) is 45.9 Å². The van der Waals surface area contributed by atoms with Gasteiger partial charge in [-0.15, -0.1) is 0 Å². The van der Waals surface area contributed by atoms with Crippen molar-refractivity contribution in [3.63, 3.8) is 0 Å². The van der Waals surface area contributed by atoms with Crippen LogP contribution in [0.25, 0.3) is 0 Å². The number of hydrogen-bond acceptors (Lipinski definition) is 2. The molecule has 2 nitrogen and oxygen atoms in total. The van der Waals surface area contributed by atoms with Crippen molar-refractivity contribution in [1.82, 2.24) is 0 Å². The highest BCUT2D eigenvalue weighted by molar-refractivity contribution is 5.33. The van der Waals surface area contributed by atoms with E-state index >= 15 is 0 Å². The SMILES string of the molecule is Cc1ccc(C(N)C(CN)C(C)C)c(C)c1. The highest BCUT2D eigenvalue weighted by Crippen LogP contribution is 2.27. The van der Waals surface area contributed by atoms with E-state index in [1.807, 2.05) is 0 Å². The molecule has 0 aliphatic rings. The van der Waals surface area contributed by atoms with Crippen LogP contribution in [0.2, 0.25) is 0 Å². The molecule has 1 rings (SSSR count). The van der Waals surface area contributed by atoms with E-state index in [4.69, 9.17) is 11.5 Å². The fraction of sp³-hybridized carbons (Fsp3) is 0.571. The van der Waals surface area contributed by atoms with Crippen molar-refractivity contribution in [2.24, 2.45) is 23.3 Å². The Balaban J connectivity index is 2.99. The summed E-state index contributed by atoms with van der Waals surface area (Å²) in [7, 11) is 0. The lowest BCUT2D eigenvalue weighted by molar-refractivity contribution is 0.330. The summed E-state index contributed by atoms with van der Waals surface area (Å²) >= 11 is 0. The van der Waals surface area contributed by atoms with E-state index < -0.39 is 0 Å². The second kappa shape index (κ2) is 5.46. The van der Waals surface area contributed by atoms with Crippen LogP contribution in [0.5, 0.6) is 0 Å². The lowest BCUT2D eigenvalue weighted by atomic mass is 9.83. The van der Waals surface area contributed by atoms with Gasteiger partial charge in [0.2, 0.25) is 0 Å². The molecule has 0 radical (unpaired) electrons. The first-order chi connectivity index (χ1) is 7.47. The van der Waals surface area contributed by atoms with Gasteiger partial charge in [-0.2, -0.15) is 0 Å². The third kappa shape index (κ3) is 2.83. The van der Waals surface area contributed by atoms with Gasteiger partial charge in [-0.3, -0.25) is 0 Å². The topological polar surface area (TPSA) is 52.0 Å². The van der Waals surface area contributed by atoms with Crippen LogP contribution < -0.4 is 11.5 Å². The minimum Gasteiger partial charge on any atom is -0.330 e. The predicted molar refractivity (Wildman–Crippen MR) is 70.2 cm³/mol. The van der Waals surface area contributed by atoms with Crippen LogP contribution in [0.15, 0.2) is 18.2 Å². The Hall–Kier alpha value is -0.860.